The van der Waals surface area contributed by atoms with Crippen molar-refractivity contribution in [1.29, 1.82) is 0 Å². The molecule has 70 valence electrons. The predicted molar refractivity (Wildman–Crippen MR) is 57.2 cm³/mol. The monoisotopic (exact) mass is 176 g/mol. The average molecular weight is 176 g/mol. The highest BCUT2D eigenvalue weighted by molar-refractivity contribution is 5.16. The largest absolute Gasteiger partial charge is 0.297 e. The summed E-state index contributed by atoms with van der Waals surface area (Å²) < 4.78 is 0.810. The van der Waals surface area contributed by atoms with E-state index in [1.54, 1.807) is 0 Å². The summed E-state index contributed by atoms with van der Waals surface area (Å²) in [4.78, 5) is 0. The number of rotatable bonds is 3. The van der Waals surface area contributed by atoms with E-state index in [9.17, 15) is 0 Å². The van der Waals surface area contributed by atoms with Gasteiger partial charge in [0.25, 0.3) is 0 Å². The number of hydrogen-bond acceptors (Lipinski definition) is 0. The molecule has 1 rings (SSSR count). The normalized spacial score (nSPS) is 13.8. The van der Waals surface area contributed by atoms with Crippen LogP contribution in [0.3, 0.4) is 0 Å². The van der Waals surface area contributed by atoms with Gasteiger partial charge in [0, 0.05) is 5.56 Å². The Kier molecular flexibility index (Phi) is 2.89. The second-order valence-electron chi connectivity index (χ2n) is 3.90. The van der Waals surface area contributed by atoms with Crippen molar-refractivity contribution in [2.24, 2.45) is 0 Å². The standard InChI is InChI=1S/C12H18N/c1-5-13(3,4)11(2)12-9-7-6-8-10-12/h5-11H,1H2,2-4H3/q+1. The van der Waals surface area contributed by atoms with Gasteiger partial charge in [-0.25, -0.2) is 0 Å². The van der Waals surface area contributed by atoms with Crippen LogP contribution in [-0.4, -0.2) is 18.6 Å². The van der Waals surface area contributed by atoms with Crippen molar-refractivity contribution in [2.75, 3.05) is 14.1 Å². The Morgan fingerprint density at radius 3 is 2.23 bits per heavy atom. The Balaban J connectivity index is 2.91. The maximum atomic E-state index is 3.85. The van der Waals surface area contributed by atoms with Gasteiger partial charge in [-0.3, -0.25) is 4.48 Å². The zero-order valence-electron chi connectivity index (χ0n) is 8.70. The molecule has 0 spiro atoms. The summed E-state index contributed by atoms with van der Waals surface area (Å²) in [5.41, 5.74) is 1.35. The van der Waals surface area contributed by atoms with Crippen LogP contribution in [0.15, 0.2) is 43.1 Å². The zero-order valence-corrected chi connectivity index (χ0v) is 8.70. The molecule has 0 aromatic heterocycles. The topological polar surface area (TPSA) is 0 Å². The first-order valence-electron chi connectivity index (χ1n) is 4.60. The van der Waals surface area contributed by atoms with Crippen molar-refractivity contribution in [3.8, 4) is 0 Å². The van der Waals surface area contributed by atoms with Crippen molar-refractivity contribution in [3.63, 3.8) is 0 Å². The first-order valence-corrected chi connectivity index (χ1v) is 4.60. The molecular formula is C12H18N+. The third kappa shape index (κ3) is 2.19. The smallest absolute Gasteiger partial charge is 0.116 e. The van der Waals surface area contributed by atoms with E-state index in [1.165, 1.54) is 5.56 Å². The Morgan fingerprint density at radius 1 is 1.23 bits per heavy atom. The first kappa shape index (κ1) is 10.0. The summed E-state index contributed by atoms with van der Waals surface area (Å²) >= 11 is 0. The third-order valence-electron chi connectivity index (χ3n) is 2.75. The van der Waals surface area contributed by atoms with Gasteiger partial charge in [-0.15, -0.1) is 0 Å². The second-order valence-corrected chi connectivity index (χ2v) is 3.90. The molecule has 0 saturated heterocycles. The lowest BCUT2D eigenvalue weighted by atomic mass is 10.1. The molecule has 1 unspecified atom stereocenters. The summed E-state index contributed by atoms with van der Waals surface area (Å²) in [6.45, 7) is 6.07. The minimum Gasteiger partial charge on any atom is -0.297 e. The summed E-state index contributed by atoms with van der Waals surface area (Å²) in [5.74, 6) is 0. The lowest BCUT2D eigenvalue weighted by molar-refractivity contribution is -0.869. The minimum absolute atomic E-state index is 0.457. The van der Waals surface area contributed by atoms with E-state index in [4.69, 9.17) is 0 Å². The molecule has 1 aromatic carbocycles. The van der Waals surface area contributed by atoms with Crippen molar-refractivity contribution in [3.05, 3.63) is 48.7 Å². The zero-order chi connectivity index (χ0) is 9.90. The molecule has 0 heterocycles. The van der Waals surface area contributed by atoms with Crippen LogP contribution < -0.4 is 0 Å². The van der Waals surface area contributed by atoms with Gasteiger partial charge in [-0.2, -0.15) is 0 Å². The predicted octanol–water partition coefficient (Wildman–Crippen LogP) is 2.97. The van der Waals surface area contributed by atoms with Crippen LogP contribution in [0, 0.1) is 0 Å². The molecule has 0 radical (unpaired) electrons. The minimum atomic E-state index is 0.457. The first-order chi connectivity index (χ1) is 6.08. The van der Waals surface area contributed by atoms with Crippen LogP contribution in [-0.2, 0) is 0 Å². The molecule has 0 saturated carbocycles. The molecular weight excluding hydrogens is 158 g/mol. The van der Waals surface area contributed by atoms with Crippen LogP contribution in [0.2, 0.25) is 0 Å². The van der Waals surface area contributed by atoms with Gasteiger partial charge in [0.2, 0.25) is 0 Å². The van der Waals surface area contributed by atoms with Gasteiger partial charge in [0.1, 0.15) is 6.04 Å². The molecule has 1 atom stereocenters. The maximum Gasteiger partial charge on any atom is 0.116 e. The van der Waals surface area contributed by atoms with E-state index < -0.39 is 0 Å². The fourth-order valence-electron chi connectivity index (χ4n) is 1.27. The summed E-state index contributed by atoms with van der Waals surface area (Å²) in [6.07, 6.45) is 1.97. The van der Waals surface area contributed by atoms with Crippen LogP contribution in [0.25, 0.3) is 0 Å². The molecule has 0 N–H and O–H groups in total. The van der Waals surface area contributed by atoms with Crippen LogP contribution in [0.4, 0.5) is 0 Å². The van der Waals surface area contributed by atoms with E-state index in [-0.39, 0.29) is 0 Å². The van der Waals surface area contributed by atoms with Gasteiger partial charge >= 0.3 is 0 Å². The Hall–Kier alpha value is -1.08. The summed E-state index contributed by atoms with van der Waals surface area (Å²) in [6, 6.07) is 11.0. The fraction of sp³-hybridized carbons (Fsp3) is 0.333. The average Bonchev–Trinajstić information content (AvgIpc) is 2.18. The number of benzene rings is 1. The number of quaternary nitrogens is 1. The van der Waals surface area contributed by atoms with Crippen molar-refractivity contribution < 1.29 is 4.48 Å². The van der Waals surface area contributed by atoms with E-state index in [0.717, 1.165) is 4.48 Å². The Morgan fingerprint density at radius 2 is 1.77 bits per heavy atom. The fourth-order valence-corrected chi connectivity index (χ4v) is 1.27. The molecule has 13 heavy (non-hydrogen) atoms. The van der Waals surface area contributed by atoms with Crippen LogP contribution in [0.1, 0.15) is 18.5 Å². The summed E-state index contributed by atoms with van der Waals surface area (Å²) in [5, 5.41) is 0. The van der Waals surface area contributed by atoms with Gasteiger partial charge in [0.05, 0.1) is 20.3 Å². The molecule has 0 amide bonds. The number of nitrogens with zero attached hydrogens (tertiary/aromatic N) is 1. The Bertz CT molecular complexity index is 274. The van der Waals surface area contributed by atoms with Crippen molar-refractivity contribution in [1.82, 2.24) is 0 Å². The quantitative estimate of drug-likeness (QED) is 0.621. The SMILES string of the molecule is C=C[N+](C)(C)C(C)c1ccccc1. The second kappa shape index (κ2) is 3.75. The van der Waals surface area contributed by atoms with Gasteiger partial charge in [-0.1, -0.05) is 30.3 Å². The van der Waals surface area contributed by atoms with E-state index >= 15 is 0 Å². The molecule has 1 heteroatoms. The van der Waals surface area contributed by atoms with E-state index in [2.05, 4.69) is 51.9 Å². The van der Waals surface area contributed by atoms with E-state index in [0.29, 0.717) is 6.04 Å². The van der Waals surface area contributed by atoms with Crippen molar-refractivity contribution in [2.45, 2.75) is 13.0 Å². The van der Waals surface area contributed by atoms with Crippen LogP contribution in [0.5, 0.6) is 0 Å². The maximum absolute atomic E-state index is 3.85. The third-order valence-corrected chi connectivity index (χ3v) is 2.75. The highest BCUT2D eigenvalue weighted by Crippen LogP contribution is 2.23. The highest BCUT2D eigenvalue weighted by Gasteiger charge is 2.21. The Labute approximate surface area is 80.9 Å². The molecule has 0 aliphatic heterocycles. The highest BCUT2D eigenvalue weighted by atomic mass is 15.3. The lowest BCUT2D eigenvalue weighted by Gasteiger charge is -2.32. The number of hydrogen-bond donors (Lipinski definition) is 0. The molecule has 0 aliphatic rings. The van der Waals surface area contributed by atoms with Crippen molar-refractivity contribution >= 4 is 0 Å². The molecule has 1 aromatic rings. The molecule has 0 aliphatic carbocycles. The van der Waals surface area contributed by atoms with Gasteiger partial charge in [-0.05, 0) is 13.5 Å². The lowest BCUT2D eigenvalue weighted by Crippen LogP contribution is -2.35. The van der Waals surface area contributed by atoms with Crippen LogP contribution >= 0.6 is 0 Å². The molecule has 1 nitrogen and oxygen atoms in total. The molecule has 0 bridgehead atoms. The van der Waals surface area contributed by atoms with Gasteiger partial charge < -0.3 is 0 Å². The van der Waals surface area contributed by atoms with E-state index in [1.807, 2.05) is 12.3 Å². The molecule has 0 fully saturated rings. The van der Waals surface area contributed by atoms with Gasteiger partial charge in [0.15, 0.2) is 0 Å². The summed E-state index contributed by atoms with van der Waals surface area (Å²) in [7, 11) is 4.31.